The molecule has 0 radical (unpaired) electrons. The third-order valence-electron chi connectivity index (χ3n) is 2.93. The van der Waals surface area contributed by atoms with Crippen molar-refractivity contribution in [1.29, 1.82) is 0 Å². The molecule has 1 heteroatoms. The van der Waals surface area contributed by atoms with Crippen LogP contribution in [-0.4, -0.2) is 18.5 Å². The zero-order valence-corrected chi connectivity index (χ0v) is 10.8. The van der Waals surface area contributed by atoms with Crippen LogP contribution in [0.5, 0.6) is 0 Å². The molecule has 0 fully saturated rings. The molecule has 0 rings (SSSR count). The van der Waals surface area contributed by atoms with Crippen molar-refractivity contribution in [1.82, 2.24) is 4.90 Å². The van der Waals surface area contributed by atoms with Crippen LogP contribution in [0.2, 0.25) is 0 Å². The Hall–Kier alpha value is -0.720. The van der Waals surface area contributed by atoms with Crippen molar-refractivity contribution >= 4 is 0 Å². The van der Waals surface area contributed by atoms with Crippen LogP contribution in [0.15, 0.2) is 24.9 Å². The van der Waals surface area contributed by atoms with Gasteiger partial charge in [0.2, 0.25) is 0 Å². The number of hydrogen-bond donors (Lipinski definition) is 0. The highest BCUT2D eigenvalue weighted by Gasteiger charge is 2.08. The summed E-state index contributed by atoms with van der Waals surface area (Å²) in [6.07, 6.45) is 8.27. The van der Waals surface area contributed by atoms with E-state index in [0.717, 1.165) is 13.0 Å². The zero-order valence-electron chi connectivity index (χ0n) is 10.8. The van der Waals surface area contributed by atoms with Crippen molar-refractivity contribution in [3.05, 3.63) is 24.9 Å². The summed E-state index contributed by atoms with van der Waals surface area (Å²) < 4.78 is 0. The predicted molar refractivity (Wildman–Crippen MR) is 69.9 cm³/mol. The van der Waals surface area contributed by atoms with Crippen LogP contribution in [0.1, 0.15) is 46.0 Å². The molecule has 15 heavy (non-hydrogen) atoms. The quantitative estimate of drug-likeness (QED) is 0.406. The second kappa shape index (κ2) is 8.58. The molecule has 0 amide bonds. The topological polar surface area (TPSA) is 3.24 Å². The Morgan fingerprint density at radius 3 is 2.53 bits per heavy atom. The Morgan fingerprint density at radius 2 is 2.00 bits per heavy atom. The average molecular weight is 209 g/mol. The SMILES string of the molecule is C=CCC(C)C(=C)N(C)CCCCCC. The lowest BCUT2D eigenvalue weighted by Crippen LogP contribution is -2.22. The third kappa shape index (κ3) is 6.38. The molecule has 1 nitrogen and oxygen atoms in total. The second-order valence-electron chi connectivity index (χ2n) is 4.40. The Labute approximate surface area is 95.9 Å². The van der Waals surface area contributed by atoms with Gasteiger partial charge in [0.25, 0.3) is 0 Å². The van der Waals surface area contributed by atoms with Crippen molar-refractivity contribution in [2.45, 2.75) is 46.0 Å². The van der Waals surface area contributed by atoms with E-state index in [0.29, 0.717) is 5.92 Å². The number of nitrogens with zero attached hydrogens (tertiary/aromatic N) is 1. The van der Waals surface area contributed by atoms with Crippen LogP contribution in [0.3, 0.4) is 0 Å². The second-order valence-corrected chi connectivity index (χ2v) is 4.40. The number of hydrogen-bond acceptors (Lipinski definition) is 1. The van der Waals surface area contributed by atoms with Crippen molar-refractivity contribution in [2.75, 3.05) is 13.6 Å². The minimum atomic E-state index is 0.527. The van der Waals surface area contributed by atoms with Gasteiger partial charge in [-0.15, -0.1) is 6.58 Å². The summed E-state index contributed by atoms with van der Waals surface area (Å²) in [6, 6.07) is 0. The summed E-state index contributed by atoms with van der Waals surface area (Å²) in [7, 11) is 2.15. The molecule has 0 saturated carbocycles. The van der Waals surface area contributed by atoms with Gasteiger partial charge in [-0.3, -0.25) is 0 Å². The smallest absolute Gasteiger partial charge is 0.0171 e. The molecular formula is C14H27N. The maximum Gasteiger partial charge on any atom is 0.0171 e. The summed E-state index contributed by atoms with van der Waals surface area (Å²) >= 11 is 0. The monoisotopic (exact) mass is 209 g/mol. The van der Waals surface area contributed by atoms with Gasteiger partial charge in [-0.25, -0.2) is 0 Å². The molecular weight excluding hydrogens is 182 g/mol. The van der Waals surface area contributed by atoms with Gasteiger partial charge in [-0.2, -0.15) is 0 Å². The first-order valence-electron chi connectivity index (χ1n) is 6.14. The molecule has 0 aromatic heterocycles. The third-order valence-corrected chi connectivity index (χ3v) is 2.93. The highest BCUT2D eigenvalue weighted by Crippen LogP contribution is 2.16. The fraction of sp³-hybridized carbons (Fsp3) is 0.714. The van der Waals surface area contributed by atoms with Gasteiger partial charge in [0.1, 0.15) is 0 Å². The highest BCUT2D eigenvalue weighted by molar-refractivity contribution is 4.99. The van der Waals surface area contributed by atoms with Crippen molar-refractivity contribution in [2.24, 2.45) is 5.92 Å². The Balaban J connectivity index is 3.72. The maximum atomic E-state index is 4.15. The summed E-state index contributed by atoms with van der Waals surface area (Å²) in [5.74, 6) is 0.527. The van der Waals surface area contributed by atoms with Crippen LogP contribution >= 0.6 is 0 Å². The van der Waals surface area contributed by atoms with Gasteiger partial charge >= 0.3 is 0 Å². The minimum absolute atomic E-state index is 0.527. The molecule has 0 saturated heterocycles. The molecule has 88 valence electrons. The van der Waals surface area contributed by atoms with E-state index in [4.69, 9.17) is 0 Å². The summed E-state index contributed by atoms with van der Waals surface area (Å²) in [5, 5.41) is 0. The van der Waals surface area contributed by atoms with Gasteiger partial charge < -0.3 is 4.90 Å². The van der Waals surface area contributed by atoms with Gasteiger partial charge in [0.15, 0.2) is 0 Å². The molecule has 0 spiro atoms. The lowest BCUT2D eigenvalue weighted by molar-refractivity contribution is 0.356. The molecule has 0 aliphatic carbocycles. The van der Waals surface area contributed by atoms with E-state index in [9.17, 15) is 0 Å². The first-order valence-corrected chi connectivity index (χ1v) is 6.14. The number of rotatable bonds is 9. The van der Waals surface area contributed by atoms with Crippen LogP contribution in [0.4, 0.5) is 0 Å². The van der Waals surface area contributed by atoms with Crippen molar-refractivity contribution in [3.8, 4) is 0 Å². The lowest BCUT2D eigenvalue weighted by Gasteiger charge is -2.25. The van der Waals surface area contributed by atoms with Crippen LogP contribution in [-0.2, 0) is 0 Å². The van der Waals surface area contributed by atoms with Gasteiger partial charge in [-0.05, 0) is 18.8 Å². The molecule has 0 heterocycles. The molecule has 1 unspecified atom stereocenters. The van der Waals surface area contributed by atoms with E-state index in [1.807, 2.05) is 6.08 Å². The largest absolute Gasteiger partial charge is 0.378 e. The summed E-state index contributed by atoms with van der Waals surface area (Å²) in [4.78, 5) is 2.30. The fourth-order valence-electron chi connectivity index (χ4n) is 1.68. The Kier molecular flexibility index (Phi) is 8.17. The van der Waals surface area contributed by atoms with E-state index in [1.54, 1.807) is 0 Å². The Morgan fingerprint density at radius 1 is 1.33 bits per heavy atom. The maximum absolute atomic E-state index is 4.15. The number of allylic oxidation sites excluding steroid dienone is 2. The van der Waals surface area contributed by atoms with E-state index < -0.39 is 0 Å². The van der Waals surface area contributed by atoms with Gasteiger partial charge in [-0.1, -0.05) is 45.8 Å². The van der Waals surface area contributed by atoms with E-state index in [2.05, 4.69) is 39.0 Å². The normalized spacial score (nSPS) is 12.2. The van der Waals surface area contributed by atoms with Crippen LogP contribution in [0.25, 0.3) is 0 Å². The standard InChI is InChI=1S/C14H27N/c1-6-8-9-10-12-15(5)14(4)13(3)11-7-2/h7,13H,2,4,6,8-12H2,1,3,5H3. The van der Waals surface area contributed by atoms with Crippen LogP contribution in [0, 0.1) is 5.92 Å². The van der Waals surface area contributed by atoms with Gasteiger partial charge in [0, 0.05) is 19.3 Å². The summed E-state index contributed by atoms with van der Waals surface area (Å²) in [6.45, 7) is 13.5. The fourth-order valence-corrected chi connectivity index (χ4v) is 1.68. The first kappa shape index (κ1) is 14.3. The molecule has 0 aliphatic rings. The van der Waals surface area contributed by atoms with Crippen molar-refractivity contribution in [3.63, 3.8) is 0 Å². The number of unbranched alkanes of at least 4 members (excludes halogenated alkanes) is 3. The van der Waals surface area contributed by atoms with Crippen molar-refractivity contribution < 1.29 is 0 Å². The van der Waals surface area contributed by atoms with E-state index in [-0.39, 0.29) is 0 Å². The van der Waals surface area contributed by atoms with Crippen LogP contribution < -0.4 is 0 Å². The molecule has 0 aromatic carbocycles. The molecule has 0 aromatic rings. The summed E-state index contributed by atoms with van der Waals surface area (Å²) in [5.41, 5.74) is 1.24. The highest BCUT2D eigenvalue weighted by atomic mass is 15.1. The van der Waals surface area contributed by atoms with E-state index in [1.165, 1.54) is 31.4 Å². The molecule has 0 N–H and O–H groups in total. The minimum Gasteiger partial charge on any atom is -0.378 e. The first-order chi connectivity index (χ1) is 7.13. The predicted octanol–water partition coefficient (Wildman–Crippen LogP) is 4.22. The molecule has 0 aliphatic heterocycles. The zero-order chi connectivity index (χ0) is 11.7. The lowest BCUT2D eigenvalue weighted by atomic mass is 10.0. The van der Waals surface area contributed by atoms with Gasteiger partial charge in [0.05, 0.1) is 0 Å². The molecule has 0 bridgehead atoms. The Bertz CT molecular complexity index is 184. The average Bonchev–Trinajstić information content (AvgIpc) is 2.23. The van der Waals surface area contributed by atoms with E-state index >= 15 is 0 Å². The molecule has 1 atom stereocenters.